The molecule has 4 nitrogen and oxygen atoms in total. The van der Waals surface area contributed by atoms with Gasteiger partial charge in [0, 0.05) is 11.8 Å². The van der Waals surface area contributed by atoms with E-state index in [1.165, 1.54) is 12.8 Å². The summed E-state index contributed by atoms with van der Waals surface area (Å²) in [5.41, 5.74) is 0. The maximum Gasteiger partial charge on any atom is 0.234 e. The van der Waals surface area contributed by atoms with Crippen molar-refractivity contribution in [2.75, 3.05) is 0 Å². The molecule has 1 aromatic rings. The molecule has 1 aliphatic carbocycles. The summed E-state index contributed by atoms with van der Waals surface area (Å²) in [6, 6.07) is 0. The highest BCUT2D eigenvalue weighted by Crippen LogP contribution is 2.32. The van der Waals surface area contributed by atoms with Crippen molar-refractivity contribution in [1.29, 1.82) is 0 Å². The molecule has 1 heterocycles. The van der Waals surface area contributed by atoms with Crippen molar-refractivity contribution in [2.45, 2.75) is 51.9 Å². The average molecular weight is 222 g/mol. The number of rotatable bonds is 4. The van der Waals surface area contributed by atoms with Crippen LogP contribution in [0.25, 0.3) is 0 Å². The SMILES string of the molecule is CC(C)C(=O)Cc1nc(C2CCCC2)no1. The molecule has 0 aromatic carbocycles. The van der Waals surface area contributed by atoms with Gasteiger partial charge in [0.2, 0.25) is 5.89 Å². The van der Waals surface area contributed by atoms with E-state index in [-0.39, 0.29) is 18.1 Å². The summed E-state index contributed by atoms with van der Waals surface area (Å²) in [5.74, 6) is 1.90. The number of Topliss-reactive ketones (excluding diaryl/α,β-unsaturated/α-hetero) is 1. The minimum atomic E-state index is 0.0295. The topological polar surface area (TPSA) is 56.0 Å². The van der Waals surface area contributed by atoms with E-state index in [4.69, 9.17) is 4.52 Å². The van der Waals surface area contributed by atoms with Crippen molar-refractivity contribution >= 4 is 5.78 Å². The molecule has 0 bridgehead atoms. The van der Waals surface area contributed by atoms with Crippen molar-refractivity contribution < 1.29 is 9.32 Å². The Morgan fingerprint density at radius 3 is 2.75 bits per heavy atom. The summed E-state index contributed by atoms with van der Waals surface area (Å²) in [6.45, 7) is 3.77. The van der Waals surface area contributed by atoms with Crippen molar-refractivity contribution in [3.63, 3.8) is 0 Å². The lowest BCUT2D eigenvalue weighted by molar-refractivity contribution is -0.121. The van der Waals surface area contributed by atoms with Crippen LogP contribution >= 0.6 is 0 Å². The quantitative estimate of drug-likeness (QED) is 0.785. The average Bonchev–Trinajstić information content (AvgIpc) is 2.85. The lowest BCUT2D eigenvalue weighted by Crippen LogP contribution is -2.10. The highest BCUT2D eigenvalue weighted by atomic mass is 16.5. The number of aromatic nitrogens is 2. The molecule has 0 spiro atoms. The van der Waals surface area contributed by atoms with Crippen LogP contribution in [0.5, 0.6) is 0 Å². The maximum atomic E-state index is 11.5. The molecule has 1 aliphatic rings. The standard InChI is InChI=1S/C12H18N2O2/c1-8(2)10(15)7-11-13-12(14-16-11)9-5-3-4-6-9/h8-9H,3-7H2,1-2H3. The Morgan fingerprint density at radius 1 is 1.44 bits per heavy atom. The molecule has 1 aromatic heterocycles. The molecule has 0 atom stereocenters. The van der Waals surface area contributed by atoms with E-state index < -0.39 is 0 Å². The maximum absolute atomic E-state index is 11.5. The van der Waals surface area contributed by atoms with Crippen molar-refractivity contribution in [1.82, 2.24) is 10.1 Å². The fourth-order valence-corrected chi connectivity index (χ4v) is 2.04. The lowest BCUT2D eigenvalue weighted by Gasteiger charge is -2.00. The second kappa shape index (κ2) is 4.76. The third kappa shape index (κ3) is 2.49. The van der Waals surface area contributed by atoms with Crippen LogP contribution in [-0.2, 0) is 11.2 Å². The Labute approximate surface area is 95.4 Å². The zero-order valence-corrected chi connectivity index (χ0v) is 9.90. The molecule has 0 amide bonds. The molecule has 0 unspecified atom stereocenters. The van der Waals surface area contributed by atoms with E-state index in [1.807, 2.05) is 13.8 Å². The minimum Gasteiger partial charge on any atom is -0.339 e. The van der Waals surface area contributed by atoms with Gasteiger partial charge in [-0.05, 0) is 12.8 Å². The molecule has 0 radical (unpaired) electrons. The first-order valence-corrected chi connectivity index (χ1v) is 6.02. The van der Waals surface area contributed by atoms with E-state index in [1.54, 1.807) is 0 Å². The number of hydrogen-bond donors (Lipinski definition) is 0. The van der Waals surface area contributed by atoms with Gasteiger partial charge in [-0.1, -0.05) is 31.8 Å². The van der Waals surface area contributed by atoms with Crippen LogP contribution in [0.3, 0.4) is 0 Å². The third-order valence-electron chi connectivity index (χ3n) is 3.17. The molecule has 4 heteroatoms. The Kier molecular flexibility index (Phi) is 3.36. The Hall–Kier alpha value is -1.19. The van der Waals surface area contributed by atoms with Gasteiger partial charge in [0.05, 0.1) is 6.42 Å². The minimum absolute atomic E-state index is 0.0295. The molecule has 1 saturated carbocycles. The van der Waals surface area contributed by atoms with Crippen molar-refractivity contribution in [3.8, 4) is 0 Å². The van der Waals surface area contributed by atoms with Gasteiger partial charge in [-0.15, -0.1) is 0 Å². The monoisotopic (exact) mass is 222 g/mol. The van der Waals surface area contributed by atoms with Crippen molar-refractivity contribution in [2.24, 2.45) is 5.92 Å². The fraction of sp³-hybridized carbons (Fsp3) is 0.750. The second-order valence-electron chi connectivity index (χ2n) is 4.83. The van der Waals surface area contributed by atoms with Crippen molar-refractivity contribution in [3.05, 3.63) is 11.7 Å². The Balaban J connectivity index is 1.99. The molecule has 0 saturated heterocycles. The zero-order valence-electron chi connectivity index (χ0n) is 9.90. The van der Waals surface area contributed by atoms with Gasteiger partial charge in [0.15, 0.2) is 5.82 Å². The van der Waals surface area contributed by atoms with Gasteiger partial charge in [0.25, 0.3) is 0 Å². The molecule has 2 rings (SSSR count). The largest absolute Gasteiger partial charge is 0.339 e. The first-order valence-electron chi connectivity index (χ1n) is 6.02. The molecule has 88 valence electrons. The van der Waals surface area contributed by atoms with Crippen LogP contribution in [0.4, 0.5) is 0 Å². The number of ketones is 1. The van der Waals surface area contributed by atoms with Gasteiger partial charge in [0.1, 0.15) is 5.78 Å². The zero-order chi connectivity index (χ0) is 11.5. The summed E-state index contributed by atoms with van der Waals surface area (Å²) in [7, 11) is 0. The lowest BCUT2D eigenvalue weighted by atomic mass is 10.1. The predicted octanol–water partition coefficient (Wildman–Crippen LogP) is 2.49. The van der Waals surface area contributed by atoms with Crippen LogP contribution in [0.15, 0.2) is 4.52 Å². The summed E-state index contributed by atoms with van der Waals surface area (Å²) >= 11 is 0. The van der Waals surface area contributed by atoms with E-state index in [0.29, 0.717) is 11.8 Å². The van der Waals surface area contributed by atoms with Gasteiger partial charge in [-0.25, -0.2) is 0 Å². The summed E-state index contributed by atoms with van der Waals surface area (Å²) in [5, 5.41) is 3.97. The molecular formula is C12H18N2O2. The van der Waals surface area contributed by atoms with Gasteiger partial charge >= 0.3 is 0 Å². The normalized spacial score (nSPS) is 17.2. The van der Waals surface area contributed by atoms with Crippen LogP contribution in [-0.4, -0.2) is 15.9 Å². The molecule has 0 aliphatic heterocycles. The van der Waals surface area contributed by atoms with Gasteiger partial charge in [-0.3, -0.25) is 4.79 Å². The van der Waals surface area contributed by atoms with Crippen LogP contribution in [0, 0.1) is 5.92 Å². The molecule has 0 N–H and O–H groups in total. The van der Waals surface area contributed by atoms with E-state index >= 15 is 0 Å². The predicted molar refractivity (Wildman–Crippen MR) is 59.1 cm³/mol. The van der Waals surface area contributed by atoms with Crippen LogP contribution in [0.2, 0.25) is 0 Å². The van der Waals surface area contributed by atoms with E-state index in [0.717, 1.165) is 18.7 Å². The van der Waals surface area contributed by atoms with Crippen LogP contribution < -0.4 is 0 Å². The summed E-state index contributed by atoms with van der Waals surface area (Å²) < 4.78 is 5.12. The third-order valence-corrected chi connectivity index (χ3v) is 3.17. The summed E-state index contributed by atoms with van der Waals surface area (Å²) in [6.07, 6.45) is 5.07. The molecule has 1 fully saturated rings. The fourth-order valence-electron chi connectivity index (χ4n) is 2.04. The van der Waals surface area contributed by atoms with Gasteiger partial charge < -0.3 is 4.52 Å². The Bertz CT molecular complexity index is 365. The number of nitrogens with zero attached hydrogens (tertiary/aromatic N) is 2. The van der Waals surface area contributed by atoms with Crippen LogP contribution in [0.1, 0.15) is 57.2 Å². The van der Waals surface area contributed by atoms with E-state index in [9.17, 15) is 4.79 Å². The van der Waals surface area contributed by atoms with E-state index in [2.05, 4.69) is 10.1 Å². The highest BCUT2D eigenvalue weighted by molar-refractivity contribution is 5.81. The van der Waals surface area contributed by atoms with Gasteiger partial charge in [-0.2, -0.15) is 4.98 Å². The highest BCUT2D eigenvalue weighted by Gasteiger charge is 2.23. The Morgan fingerprint density at radius 2 is 2.12 bits per heavy atom. The number of hydrogen-bond acceptors (Lipinski definition) is 4. The molecule has 16 heavy (non-hydrogen) atoms. The summed E-state index contributed by atoms with van der Waals surface area (Å²) in [4.78, 5) is 15.8. The number of carbonyl (C=O) groups excluding carboxylic acids is 1. The first kappa shape index (κ1) is 11.3. The second-order valence-corrected chi connectivity index (χ2v) is 4.83. The molecular weight excluding hydrogens is 204 g/mol. The first-order chi connectivity index (χ1) is 7.66. The number of carbonyl (C=O) groups is 1. The smallest absolute Gasteiger partial charge is 0.234 e.